The van der Waals surface area contributed by atoms with Gasteiger partial charge in [0.15, 0.2) is 62.0 Å². The fraction of sp³-hybridized carbons (Fsp3) is 0.696. The van der Waals surface area contributed by atoms with Crippen molar-refractivity contribution in [1.29, 1.82) is 0 Å². The number of hydrogen-bond donors (Lipinski definition) is 18. The number of primary amides is 2. The van der Waals surface area contributed by atoms with Crippen molar-refractivity contribution in [1.82, 2.24) is 16.0 Å². The van der Waals surface area contributed by atoms with Crippen LogP contribution in [-0.2, 0) is 94.5 Å². The number of nitrogens with two attached hydrogens (primary N) is 2. The zero-order valence-corrected chi connectivity index (χ0v) is 62.8. The Bertz CT molecular complexity index is 3410. The van der Waals surface area contributed by atoms with Crippen LogP contribution in [-0.4, -0.2) is 293 Å². The number of nitrogens with one attached hydrogen (secondary N) is 3. The quantitative estimate of drug-likeness (QED) is 0.0231. The van der Waals surface area contributed by atoms with Crippen molar-refractivity contribution in [2.24, 2.45) is 16.9 Å². The monoisotopic (exact) mass is 1580 g/mol. The second-order valence-electron chi connectivity index (χ2n) is 28.6. The predicted octanol–water partition coefficient (Wildman–Crippen LogP) is -2.25. The van der Waals surface area contributed by atoms with Gasteiger partial charge in [-0.05, 0) is 104 Å². The molecule has 6 aliphatic rings. The Morgan fingerprint density at radius 2 is 1.29 bits per heavy atom. The molecule has 20 N–H and O–H groups in total. The molecule has 5 aliphatic heterocycles. The van der Waals surface area contributed by atoms with E-state index in [1.807, 2.05) is 11.4 Å². The number of aliphatic hydroxyl groups excluding tert-OH is 10. The van der Waals surface area contributed by atoms with Crippen molar-refractivity contribution in [2.45, 2.75) is 273 Å². The minimum atomic E-state index is -5.85. The number of carbonyl (C=O) groups is 7. The van der Waals surface area contributed by atoms with Gasteiger partial charge in [0.1, 0.15) is 102 Å². The number of phosphoric acid groups is 1. The van der Waals surface area contributed by atoms with Crippen molar-refractivity contribution in [3.8, 4) is 0 Å². The van der Waals surface area contributed by atoms with Crippen LogP contribution in [0.4, 0.5) is 4.79 Å². The minimum absolute atomic E-state index is 0.147. The minimum Gasteiger partial charge on any atom is -0.506 e. The molecule has 0 aromatic heterocycles. The predicted molar refractivity (Wildman–Crippen MR) is 372 cm³/mol. The van der Waals surface area contributed by atoms with Crippen molar-refractivity contribution in [2.75, 3.05) is 26.4 Å². The van der Waals surface area contributed by atoms with Gasteiger partial charge in [-0.3, -0.25) is 33.0 Å². The largest absolute Gasteiger partial charge is 0.506 e. The Labute approximate surface area is 628 Å². The van der Waals surface area contributed by atoms with E-state index in [0.29, 0.717) is 12.8 Å². The van der Waals surface area contributed by atoms with Crippen LogP contribution < -0.4 is 27.4 Å². The second kappa shape index (κ2) is 40.4. The number of allylic oxidation sites excluding steroid dienone is 10. The number of carbonyl (C=O) groups excluding carboxylic acids is 6. The molecule has 0 aromatic carbocycles. The molecule has 109 heavy (non-hydrogen) atoms. The lowest BCUT2D eigenvalue weighted by atomic mass is 9.85. The maximum Gasteiger partial charge on any atom is 0.474 e. The molecular formula is C69H106N5O34P. The van der Waals surface area contributed by atoms with E-state index in [2.05, 4.69) is 70.1 Å². The Morgan fingerprint density at radius 3 is 1.88 bits per heavy atom. The Balaban J connectivity index is 1.25. The smallest absolute Gasteiger partial charge is 0.474 e. The van der Waals surface area contributed by atoms with E-state index in [1.165, 1.54) is 18.1 Å². The molecule has 0 bridgehead atoms. The Kier molecular flexibility index (Phi) is 33.9. The number of amides is 5. The highest BCUT2D eigenvalue weighted by atomic mass is 31.2. The summed E-state index contributed by atoms with van der Waals surface area (Å²) < 4.78 is 88.8. The fourth-order valence-corrected chi connectivity index (χ4v) is 13.3. The zero-order chi connectivity index (χ0) is 81.5. The first-order valence-corrected chi connectivity index (χ1v) is 36.6. The molecule has 5 saturated heterocycles. The SMILES string of the molecule is C=C(CC=C(C)CCC=C(C)C)CCC(C)(C)C=CCCC(C)=CCO[C@H](COP(=O)(O)O[C@H]1O[C@H](C(N)=O)[C@@](C)(O)[C@H](OC(N)=O)[C@H]1O[C@@H]1O[C@H](CO[C@@H]2O[C@H](CO)[C@@H](O)[C@H](O)[C@H]2O)[C@@H](O[C@@H]2O[C@H](C)[C@@H](O[C@@H]3O[C@H](C(=O)NC4=C(O)C=CC4=O)[C@H](O)[C@H](O)[C@H]3O)[C@H](O)[C@H]2NC(C)=O)[C@H](O)[C@H]1NC(C)=O)C(=O)O. The first-order valence-electron chi connectivity index (χ1n) is 35.1. The summed E-state index contributed by atoms with van der Waals surface area (Å²) in [5.74, 6) is -8.07. The molecule has 27 atom stereocenters. The molecule has 0 aromatic rings. The number of rotatable bonds is 37. The molecule has 40 heteroatoms. The molecule has 5 heterocycles. The average molecular weight is 1580 g/mol. The first-order chi connectivity index (χ1) is 50.9. The third-order valence-corrected chi connectivity index (χ3v) is 19.6. The number of aliphatic hydroxyl groups is 11. The number of hydrogen-bond acceptors (Lipinski definition) is 32. The molecule has 39 nitrogen and oxygen atoms in total. The van der Waals surface area contributed by atoms with Gasteiger partial charge in [-0.15, -0.1) is 0 Å². The summed E-state index contributed by atoms with van der Waals surface area (Å²) in [6.07, 6.45) is -33.4. The van der Waals surface area contributed by atoms with E-state index in [0.717, 1.165) is 76.2 Å². The molecular weight excluding hydrogens is 1470 g/mol. The van der Waals surface area contributed by atoms with Gasteiger partial charge >= 0.3 is 19.9 Å². The topological polar surface area (TPSA) is 608 Å². The van der Waals surface area contributed by atoms with E-state index in [9.17, 15) is 104 Å². The summed E-state index contributed by atoms with van der Waals surface area (Å²) in [6, 6.07) is -4.01. The summed E-state index contributed by atoms with van der Waals surface area (Å²) in [5.41, 5.74) is 11.9. The van der Waals surface area contributed by atoms with Crippen LogP contribution in [0.3, 0.4) is 0 Å². The van der Waals surface area contributed by atoms with Gasteiger partial charge in [0.2, 0.25) is 23.5 Å². The van der Waals surface area contributed by atoms with Crippen molar-refractivity contribution in [3.05, 3.63) is 82.9 Å². The summed E-state index contributed by atoms with van der Waals surface area (Å²) in [4.78, 5) is 102. The fourth-order valence-electron chi connectivity index (χ4n) is 12.4. The van der Waals surface area contributed by atoms with Crippen LogP contribution in [0.25, 0.3) is 0 Å². The van der Waals surface area contributed by atoms with E-state index in [4.69, 9.17) is 72.6 Å². The van der Waals surface area contributed by atoms with Gasteiger partial charge in [-0.25, -0.2) is 14.2 Å². The number of aliphatic carboxylic acids is 1. The van der Waals surface area contributed by atoms with Gasteiger partial charge in [0, 0.05) is 13.8 Å². The van der Waals surface area contributed by atoms with Crippen LogP contribution in [0.2, 0.25) is 0 Å². The summed E-state index contributed by atoms with van der Waals surface area (Å²) in [5, 5.41) is 139. The van der Waals surface area contributed by atoms with Gasteiger partial charge in [-0.2, -0.15) is 0 Å². The Morgan fingerprint density at radius 1 is 0.716 bits per heavy atom. The standard InChI is InChI=1S/C69H106N5O34P/c1-30(2)15-14-17-31(3)18-19-33(5)22-25-68(9,10)24-13-12-16-32(4)23-26-96-41(61(90)91)29-98-109(94,95)108-66-56(57(107-67(71)92)69(11,93)58(106-66)59(70)88)105-63-44(73-36(8)77)47(82)54(40(101-63)28-97-64-51(86)48(83)45(80)39(27-75)100-64)103-62-43(72-35(7)76)46(81)53(34(6)99-62)102-65-52(87)49(84)50(85)55(104-65)60(89)74-42-37(78)20-21-38(42)79/h13,15,18,20-21,23-24,34,39-41,43-58,62-66,75,80-87,93H,5,12,14,16-17,19,22,25-29H2,1-4,6-11H3,(H2,70,88)(H2,71,92)(H,72,76)(H,73,77)(H,90,91)(H,94,95)(H2,74,78,79,89)/t34-,39-,40-,41-,43-,44-,45-,46-,47-,48+,49+,50-,51-,52-,53-,54-,55+,56-,57-,58-,62+,63+,64-,65-,66-,69+/m1/s1. The van der Waals surface area contributed by atoms with Crippen molar-refractivity contribution in [3.63, 3.8) is 0 Å². The van der Waals surface area contributed by atoms with Crippen LogP contribution in [0, 0.1) is 5.41 Å². The normalized spacial score (nSPS) is 35.5. The number of ether oxygens (including phenoxy) is 11. The van der Waals surface area contributed by atoms with E-state index >= 15 is 0 Å². The van der Waals surface area contributed by atoms with Gasteiger partial charge in [-0.1, -0.05) is 73.1 Å². The highest BCUT2D eigenvalue weighted by Crippen LogP contribution is 2.49. The third kappa shape index (κ3) is 25.3. The van der Waals surface area contributed by atoms with E-state index in [-0.39, 0.29) is 12.0 Å². The van der Waals surface area contributed by atoms with Crippen molar-refractivity contribution >= 4 is 49.3 Å². The van der Waals surface area contributed by atoms with Gasteiger partial charge < -0.3 is 146 Å². The molecule has 1 unspecified atom stereocenters. The maximum atomic E-state index is 14.1. The second-order valence-corrected chi connectivity index (χ2v) is 30.0. The number of carboxylic acids is 1. The van der Waals surface area contributed by atoms with Crippen LogP contribution in [0.5, 0.6) is 0 Å². The molecule has 616 valence electrons. The molecule has 0 spiro atoms. The molecule has 5 fully saturated rings. The average Bonchev–Trinajstić information content (AvgIpc) is 1.80. The lowest BCUT2D eigenvalue weighted by molar-refractivity contribution is -0.375. The van der Waals surface area contributed by atoms with Crippen LogP contribution >= 0.6 is 7.82 Å². The highest BCUT2D eigenvalue weighted by Gasteiger charge is 2.62. The van der Waals surface area contributed by atoms with E-state index in [1.54, 1.807) is 13.0 Å². The Hall–Kier alpha value is -6.42. The van der Waals surface area contributed by atoms with Crippen LogP contribution in [0.15, 0.2) is 82.9 Å². The lowest BCUT2D eigenvalue weighted by Gasteiger charge is -2.52. The summed E-state index contributed by atoms with van der Waals surface area (Å²) >= 11 is 0. The van der Waals surface area contributed by atoms with Crippen molar-refractivity contribution < 1.29 is 165 Å². The molecule has 6 rings (SSSR count). The number of carboxylic acid groups (broad SMARTS) is 1. The molecule has 5 amide bonds. The van der Waals surface area contributed by atoms with Crippen LogP contribution in [0.1, 0.15) is 114 Å². The number of ketones is 1. The third-order valence-electron chi connectivity index (χ3n) is 18.6. The lowest BCUT2D eigenvalue weighted by Crippen LogP contribution is -2.72. The van der Waals surface area contributed by atoms with Gasteiger partial charge in [0.25, 0.3) is 5.91 Å². The highest BCUT2D eigenvalue weighted by molar-refractivity contribution is 7.47. The molecule has 0 radical (unpaired) electrons. The molecule has 0 saturated carbocycles. The maximum absolute atomic E-state index is 14.1. The van der Waals surface area contributed by atoms with E-state index < -0.39 is 240 Å². The summed E-state index contributed by atoms with van der Waals surface area (Å²) in [6.45, 7) is 16.8. The zero-order valence-electron chi connectivity index (χ0n) is 61.9. The van der Waals surface area contributed by atoms with Gasteiger partial charge in [0.05, 0.1) is 32.5 Å². The summed E-state index contributed by atoms with van der Waals surface area (Å²) in [7, 11) is -5.85. The molecule has 1 aliphatic carbocycles. The number of phosphoric ester groups is 1. The first kappa shape index (κ1) is 91.5.